The Morgan fingerprint density at radius 3 is 2.53 bits per heavy atom. The molecule has 0 atom stereocenters. The summed E-state index contributed by atoms with van der Waals surface area (Å²) in [6.07, 6.45) is 5.38. The molecule has 102 valence electrons. The number of hydrogen-bond acceptors (Lipinski definition) is 3. The van der Waals surface area contributed by atoms with Crippen LogP contribution in [-0.4, -0.2) is 23.8 Å². The summed E-state index contributed by atoms with van der Waals surface area (Å²) in [6.45, 7) is 1.58. The van der Waals surface area contributed by atoms with Gasteiger partial charge in [0.05, 0.1) is 6.42 Å². The normalized spacial score (nSPS) is 10.6. The smallest absolute Gasteiger partial charge is 0.224 e. The predicted octanol–water partition coefficient (Wildman–Crippen LogP) is 2.66. The largest absolute Gasteiger partial charge is 0.359 e. The van der Waals surface area contributed by atoms with Gasteiger partial charge in [0.25, 0.3) is 0 Å². The molecular weight excluding hydrogens is 258 g/mol. The number of benzene rings is 1. The molecule has 0 saturated heterocycles. The van der Waals surface area contributed by atoms with Crippen LogP contribution in [0.5, 0.6) is 0 Å². The van der Waals surface area contributed by atoms with Gasteiger partial charge in [-0.1, -0.05) is 48.2 Å². The molecule has 0 fully saturated rings. The first-order valence-corrected chi connectivity index (χ1v) is 7.20. The average molecular weight is 277 g/mol. The molecule has 0 aliphatic carbocycles. The molecule has 4 heteroatoms. The third-order valence-corrected chi connectivity index (χ3v) is 3.37. The summed E-state index contributed by atoms with van der Waals surface area (Å²) in [4.78, 5) is 21.9. The van der Waals surface area contributed by atoms with Gasteiger partial charge in [-0.05, 0) is 17.5 Å². The number of hydrogen-bond donors (Lipinski definition) is 1. The SMILES string of the molecule is CNC(=O)Cc1ccc(C=CCCSC(C)=O)cc1. The number of nitrogens with one attached hydrogen (secondary N) is 1. The Hall–Kier alpha value is -1.55. The summed E-state index contributed by atoms with van der Waals surface area (Å²) in [5.74, 6) is 0.838. The van der Waals surface area contributed by atoms with Crippen LogP contribution in [0.3, 0.4) is 0 Å². The lowest BCUT2D eigenvalue weighted by molar-refractivity contribution is -0.120. The molecule has 0 aliphatic heterocycles. The van der Waals surface area contributed by atoms with E-state index in [0.29, 0.717) is 6.42 Å². The van der Waals surface area contributed by atoms with Crippen molar-refractivity contribution in [2.45, 2.75) is 19.8 Å². The molecule has 1 aromatic rings. The molecule has 0 aliphatic rings. The number of amides is 1. The topological polar surface area (TPSA) is 46.2 Å². The highest BCUT2D eigenvalue weighted by Crippen LogP contribution is 2.09. The van der Waals surface area contributed by atoms with Crippen molar-refractivity contribution in [2.75, 3.05) is 12.8 Å². The lowest BCUT2D eigenvalue weighted by Crippen LogP contribution is -2.19. The molecule has 1 amide bonds. The van der Waals surface area contributed by atoms with E-state index < -0.39 is 0 Å². The van der Waals surface area contributed by atoms with E-state index in [1.807, 2.05) is 30.3 Å². The van der Waals surface area contributed by atoms with E-state index in [9.17, 15) is 9.59 Å². The molecule has 0 bridgehead atoms. The maximum absolute atomic E-state index is 11.2. The minimum Gasteiger partial charge on any atom is -0.359 e. The fourth-order valence-corrected chi connectivity index (χ4v) is 2.05. The number of carbonyl (C=O) groups is 2. The second kappa shape index (κ2) is 8.53. The van der Waals surface area contributed by atoms with Crippen molar-refractivity contribution >= 4 is 28.9 Å². The first-order valence-electron chi connectivity index (χ1n) is 6.21. The van der Waals surface area contributed by atoms with Crippen LogP contribution in [0.4, 0.5) is 0 Å². The van der Waals surface area contributed by atoms with Crippen molar-refractivity contribution in [1.29, 1.82) is 0 Å². The highest BCUT2D eigenvalue weighted by molar-refractivity contribution is 8.13. The molecule has 1 aromatic carbocycles. The first kappa shape index (κ1) is 15.5. The van der Waals surface area contributed by atoms with Crippen LogP contribution in [0.25, 0.3) is 6.08 Å². The molecule has 0 aromatic heterocycles. The molecule has 0 spiro atoms. The predicted molar refractivity (Wildman–Crippen MR) is 81.0 cm³/mol. The van der Waals surface area contributed by atoms with Gasteiger partial charge < -0.3 is 5.32 Å². The summed E-state index contributed by atoms with van der Waals surface area (Å²) in [6, 6.07) is 7.90. The van der Waals surface area contributed by atoms with E-state index in [1.54, 1.807) is 14.0 Å². The van der Waals surface area contributed by atoms with Gasteiger partial charge in [-0.3, -0.25) is 9.59 Å². The quantitative estimate of drug-likeness (QED) is 0.813. The number of carbonyl (C=O) groups excluding carboxylic acids is 2. The van der Waals surface area contributed by atoms with E-state index >= 15 is 0 Å². The van der Waals surface area contributed by atoms with Crippen molar-refractivity contribution in [3.8, 4) is 0 Å². The second-order valence-electron chi connectivity index (χ2n) is 4.12. The monoisotopic (exact) mass is 277 g/mol. The van der Waals surface area contributed by atoms with Crippen LogP contribution in [0, 0.1) is 0 Å². The Morgan fingerprint density at radius 2 is 1.95 bits per heavy atom. The van der Waals surface area contributed by atoms with Gasteiger partial charge in [0, 0.05) is 19.7 Å². The van der Waals surface area contributed by atoms with Crippen LogP contribution in [0.15, 0.2) is 30.3 Å². The molecule has 1 rings (SSSR count). The maximum atomic E-state index is 11.2. The first-order chi connectivity index (χ1) is 9.11. The zero-order valence-electron chi connectivity index (χ0n) is 11.3. The van der Waals surface area contributed by atoms with Gasteiger partial charge in [-0.25, -0.2) is 0 Å². The van der Waals surface area contributed by atoms with Crippen LogP contribution < -0.4 is 5.32 Å². The van der Waals surface area contributed by atoms with Gasteiger partial charge in [-0.2, -0.15) is 0 Å². The second-order valence-corrected chi connectivity index (χ2v) is 5.39. The molecule has 1 N–H and O–H groups in total. The molecule has 3 nitrogen and oxygen atoms in total. The van der Waals surface area contributed by atoms with Crippen molar-refractivity contribution in [1.82, 2.24) is 5.32 Å². The molecule has 0 saturated carbocycles. The highest BCUT2D eigenvalue weighted by atomic mass is 32.2. The molecule has 0 heterocycles. The van der Waals surface area contributed by atoms with Gasteiger partial charge in [-0.15, -0.1) is 0 Å². The fourth-order valence-electron chi connectivity index (χ4n) is 1.51. The molecule has 19 heavy (non-hydrogen) atoms. The Morgan fingerprint density at radius 1 is 1.26 bits per heavy atom. The fraction of sp³-hybridized carbons (Fsp3) is 0.333. The Labute approximate surface area is 118 Å². The Bertz CT molecular complexity index is 452. The van der Waals surface area contributed by atoms with Gasteiger partial charge >= 0.3 is 0 Å². The van der Waals surface area contributed by atoms with Crippen molar-refractivity contribution in [3.63, 3.8) is 0 Å². The van der Waals surface area contributed by atoms with Crippen molar-refractivity contribution < 1.29 is 9.59 Å². The third-order valence-electron chi connectivity index (χ3n) is 2.52. The van der Waals surface area contributed by atoms with E-state index in [4.69, 9.17) is 0 Å². The summed E-state index contributed by atoms with van der Waals surface area (Å²) in [5.41, 5.74) is 2.11. The summed E-state index contributed by atoms with van der Waals surface area (Å²) in [7, 11) is 1.64. The van der Waals surface area contributed by atoms with E-state index in [1.165, 1.54) is 11.8 Å². The summed E-state index contributed by atoms with van der Waals surface area (Å²) in [5, 5.41) is 2.76. The molecule has 0 radical (unpaired) electrons. The van der Waals surface area contributed by atoms with Gasteiger partial charge in [0.1, 0.15) is 0 Å². The maximum Gasteiger partial charge on any atom is 0.224 e. The minimum absolute atomic E-state index is 0.0181. The third kappa shape index (κ3) is 6.82. The zero-order valence-corrected chi connectivity index (χ0v) is 12.1. The number of thioether (sulfide) groups is 1. The number of allylic oxidation sites excluding steroid dienone is 1. The van der Waals surface area contributed by atoms with Crippen LogP contribution in [0.1, 0.15) is 24.5 Å². The summed E-state index contributed by atoms with van der Waals surface area (Å²) >= 11 is 1.34. The zero-order chi connectivity index (χ0) is 14.1. The number of likely N-dealkylation sites (N-methyl/N-ethyl adjacent to an activating group) is 1. The Balaban J connectivity index is 2.41. The highest BCUT2D eigenvalue weighted by Gasteiger charge is 1.99. The standard InChI is InChI=1S/C15H19NO2S/c1-12(17)19-10-4-3-5-13-6-8-14(9-7-13)11-15(18)16-2/h3,5-9H,4,10-11H2,1-2H3,(H,16,18). The van der Waals surface area contributed by atoms with E-state index in [2.05, 4.69) is 11.4 Å². The lowest BCUT2D eigenvalue weighted by Gasteiger charge is -2.01. The van der Waals surface area contributed by atoms with Crippen LogP contribution >= 0.6 is 11.8 Å². The minimum atomic E-state index is 0.0181. The van der Waals surface area contributed by atoms with Gasteiger partial charge in [0.2, 0.25) is 5.91 Å². The van der Waals surface area contributed by atoms with E-state index in [0.717, 1.165) is 23.3 Å². The van der Waals surface area contributed by atoms with Crippen molar-refractivity contribution in [2.24, 2.45) is 0 Å². The van der Waals surface area contributed by atoms with E-state index in [-0.39, 0.29) is 11.0 Å². The summed E-state index contributed by atoms with van der Waals surface area (Å²) < 4.78 is 0. The number of rotatable bonds is 6. The molecular formula is C15H19NO2S. The van der Waals surface area contributed by atoms with Crippen molar-refractivity contribution in [3.05, 3.63) is 41.5 Å². The van der Waals surface area contributed by atoms with Crippen LogP contribution in [0.2, 0.25) is 0 Å². The lowest BCUT2D eigenvalue weighted by atomic mass is 10.1. The van der Waals surface area contributed by atoms with Crippen LogP contribution in [-0.2, 0) is 16.0 Å². The molecule has 0 unspecified atom stereocenters. The Kier molecular flexibility index (Phi) is 6.97. The van der Waals surface area contributed by atoms with Gasteiger partial charge in [0.15, 0.2) is 5.12 Å². The average Bonchev–Trinajstić information content (AvgIpc) is 2.39.